The second-order valence-electron chi connectivity index (χ2n) is 7.10. The Morgan fingerprint density at radius 1 is 1.13 bits per heavy atom. The molecule has 0 aliphatic carbocycles. The third kappa shape index (κ3) is 6.92. The number of nitrogens with zero attached hydrogens (tertiary/aromatic N) is 1. The number of rotatable bonds is 10. The number of halogens is 2. The number of hydrogen-bond acceptors (Lipinski definition) is 3. The van der Waals surface area contributed by atoms with E-state index >= 15 is 0 Å². The summed E-state index contributed by atoms with van der Waals surface area (Å²) >= 11 is 12.3. The molecule has 0 spiro atoms. The van der Waals surface area contributed by atoms with Crippen LogP contribution in [0.15, 0.2) is 42.5 Å². The van der Waals surface area contributed by atoms with Gasteiger partial charge in [-0.3, -0.25) is 9.59 Å². The zero-order valence-corrected chi connectivity index (χ0v) is 19.1. The molecule has 5 nitrogen and oxygen atoms in total. The van der Waals surface area contributed by atoms with Crippen LogP contribution < -0.4 is 10.1 Å². The molecule has 0 aromatic heterocycles. The van der Waals surface area contributed by atoms with E-state index in [1.165, 1.54) is 0 Å². The molecule has 30 heavy (non-hydrogen) atoms. The van der Waals surface area contributed by atoms with E-state index in [1.54, 1.807) is 37.1 Å². The van der Waals surface area contributed by atoms with Crippen LogP contribution in [0.5, 0.6) is 5.75 Å². The maximum absolute atomic E-state index is 13.2. The van der Waals surface area contributed by atoms with Crippen LogP contribution in [0, 0.1) is 0 Å². The van der Waals surface area contributed by atoms with Crippen molar-refractivity contribution in [1.82, 2.24) is 10.2 Å². The number of methoxy groups -OCH3 is 1. The first-order valence-electron chi connectivity index (χ1n) is 9.99. The van der Waals surface area contributed by atoms with Crippen molar-refractivity contribution < 1.29 is 14.3 Å². The Hall–Kier alpha value is -2.24. The minimum absolute atomic E-state index is 0.163. The summed E-state index contributed by atoms with van der Waals surface area (Å²) in [5.74, 6) is 0.376. The molecule has 2 aromatic carbocycles. The fourth-order valence-electron chi connectivity index (χ4n) is 2.97. The Labute approximate surface area is 188 Å². The van der Waals surface area contributed by atoms with E-state index in [2.05, 4.69) is 12.2 Å². The molecule has 2 amide bonds. The molecule has 1 N–H and O–H groups in total. The highest BCUT2D eigenvalue weighted by Crippen LogP contribution is 2.24. The number of hydrogen-bond donors (Lipinski definition) is 1. The highest BCUT2D eigenvalue weighted by molar-refractivity contribution is 6.35. The van der Waals surface area contributed by atoms with Gasteiger partial charge in [0, 0.05) is 23.1 Å². The van der Waals surface area contributed by atoms with E-state index in [4.69, 9.17) is 27.9 Å². The van der Waals surface area contributed by atoms with Gasteiger partial charge >= 0.3 is 0 Å². The van der Waals surface area contributed by atoms with Crippen molar-refractivity contribution in [1.29, 1.82) is 0 Å². The predicted molar refractivity (Wildman–Crippen MR) is 121 cm³/mol. The van der Waals surface area contributed by atoms with Gasteiger partial charge in [-0.1, -0.05) is 54.7 Å². The van der Waals surface area contributed by atoms with Crippen LogP contribution in [0.3, 0.4) is 0 Å². The zero-order valence-electron chi connectivity index (χ0n) is 17.6. The maximum Gasteiger partial charge on any atom is 0.242 e. The van der Waals surface area contributed by atoms with Gasteiger partial charge in [0.25, 0.3) is 0 Å². The second-order valence-corrected chi connectivity index (χ2v) is 7.95. The fourth-order valence-corrected chi connectivity index (χ4v) is 3.44. The topological polar surface area (TPSA) is 58.6 Å². The molecule has 2 aromatic rings. The van der Waals surface area contributed by atoms with Crippen molar-refractivity contribution >= 4 is 35.0 Å². The molecule has 0 bridgehead atoms. The number of unbranched alkanes of at least 4 members (excludes halogenated alkanes) is 1. The number of ether oxygens (including phenoxy) is 1. The van der Waals surface area contributed by atoms with E-state index in [9.17, 15) is 9.59 Å². The highest BCUT2D eigenvalue weighted by atomic mass is 35.5. The van der Waals surface area contributed by atoms with E-state index < -0.39 is 6.04 Å². The lowest BCUT2D eigenvalue weighted by Gasteiger charge is -2.29. The largest absolute Gasteiger partial charge is 0.497 e. The zero-order chi connectivity index (χ0) is 22.1. The molecule has 0 aliphatic rings. The number of carbonyl (C=O) groups is 2. The van der Waals surface area contributed by atoms with Gasteiger partial charge in [-0.2, -0.15) is 0 Å². The summed E-state index contributed by atoms with van der Waals surface area (Å²) in [5, 5.41) is 3.88. The van der Waals surface area contributed by atoms with E-state index in [0.29, 0.717) is 16.6 Å². The number of benzene rings is 2. The van der Waals surface area contributed by atoms with Gasteiger partial charge < -0.3 is 15.0 Å². The van der Waals surface area contributed by atoms with Gasteiger partial charge in [0.1, 0.15) is 11.8 Å². The van der Waals surface area contributed by atoms with Crippen molar-refractivity contribution in [2.45, 2.75) is 45.7 Å². The van der Waals surface area contributed by atoms with Crippen molar-refractivity contribution in [2.24, 2.45) is 0 Å². The maximum atomic E-state index is 13.2. The van der Waals surface area contributed by atoms with Gasteiger partial charge in [0.05, 0.1) is 13.5 Å². The molecule has 2 rings (SSSR count). The van der Waals surface area contributed by atoms with Gasteiger partial charge in [-0.25, -0.2) is 0 Å². The quantitative estimate of drug-likeness (QED) is 0.524. The van der Waals surface area contributed by atoms with Gasteiger partial charge in [-0.05, 0) is 48.7 Å². The van der Waals surface area contributed by atoms with Gasteiger partial charge in [0.15, 0.2) is 0 Å². The van der Waals surface area contributed by atoms with Crippen LogP contribution in [0.4, 0.5) is 0 Å². The Morgan fingerprint density at radius 3 is 2.43 bits per heavy atom. The van der Waals surface area contributed by atoms with Crippen LogP contribution in [-0.2, 0) is 22.6 Å². The lowest BCUT2D eigenvalue weighted by atomic mass is 10.1. The summed E-state index contributed by atoms with van der Waals surface area (Å²) in [5.41, 5.74) is 1.57. The lowest BCUT2D eigenvalue weighted by molar-refractivity contribution is -0.140. The number of amides is 2. The summed E-state index contributed by atoms with van der Waals surface area (Å²) in [6.45, 7) is 4.59. The first-order chi connectivity index (χ1) is 14.3. The number of carbonyl (C=O) groups excluding carboxylic acids is 2. The normalized spacial score (nSPS) is 11.6. The minimum Gasteiger partial charge on any atom is -0.497 e. The first-order valence-corrected chi connectivity index (χ1v) is 10.7. The van der Waals surface area contributed by atoms with E-state index in [0.717, 1.165) is 29.7 Å². The average Bonchev–Trinajstić information content (AvgIpc) is 2.73. The third-order valence-corrected chi connectivity index (χ3v) is 5.45. The predicted octanol–water partition coefficient (Wildman–Crippen LogP) is 4.88. The molecule has 0 fully saturated rings. The van der Waals surface area contributed by atoms with Crippen LogP contribution >= 0.6 is 23.2 Å². The first kappa shape index (κ1) is 24.0. The molecular weight excluding hydrogens is 423 g/mol. The molecule has 1 atom stereocenters. The van der Waals surface area contributed by atoms with Crippen LogP contribution in [0.25, 0.3) is 0 Å². The molecule has 0 heterocycles. The molecule has 0 saturated carbocycles. The summed E-state index contributed by atoms with van der Waals surface area (Å²) in [6, 6.07) is 11.8. The molecule has 7 heteroatoms. The van der Waals surface area contributed by atoms with E-state index in [-0.39, 0.29) is 24.8 Å². The lowest BCUT2D eigenvalue weighted by Crippen LogP contribution is -2.48. The molecule has 0 unspecified atom stereocenters. The Kier molecular flexibility index (Phi) is 9.47. The molecule has 162 valence electrons. The van der Waals surface area contributed by atoms with Gasteiger partial charge in [-0.15, -0.1) is 0 Å². The standard InChI is InChI=1S/C23H28Cl2N2O3/c1-4-5-12-26-23(29)16(2)27(15-18-8-9-19(24)14-21(18)25)22(28)13-17-6-10-20(30-3)11-7-17/h6-11,14,16H,4-5,12-13,15H2,1-3H3,(H,26,29)/t16-/m0/s1. The second kappa shape index (κ2) is 11.8. The van der Waals surface area contributed by atoms with Crippen LogP contribution in [-0.4, -0.2) is 36.4 Å². The minimum atomic E-state index is -0.639. The summed E-state index contributed by atoms with van der Waals surface area (Å²) in [4.78, 5) is 27.4. The van der Waals surface area contributed by atoms with Crippen LogP contribution in [0.1, 0.15) is 37.8 Å². The Bertz CT molecular complexity index is 856. The summed E-state index contributed by atoms with van der Waals surface area (Å²) in [7, 11) is 1.59. The number of nitrogens with one attached hydrogen (secondary N) is 1. The molecule has 0 radical (unpaired) electrons. The molecular formula is C23H28Cl2N2O3. The monoisotopic (exact) mass is 450 g/mol. The van der Waals surface area contributed by atoms with Crippen molar-refractivity contribution in [3.8, 4) is 5.75 Å². The smallest absolute Gasteiger partial charge is 0.242 e. The summed E-state index contributed by atoms with van der Waals surface area (Å²) < 4.78 is 5.17. The third-order valence-electron chi connectivity index (χ3n) is 4.87. The van der Waals surface area contributed by atoms with Crippen molar-refractivity contribution in [2.75, 3.05) is 13.7 Å². The highest BCUT2D eigenvalue weighted by Gasteiger charge is 2.26. The average molecular weight is 451 g/mol. The Balaban J connectivity index is 2.21. The van der Waals surface area contributed by atoms with Crippen molar-refractivity contribution in [3.63, 3.8) is 0 Å². The fraction of sp³-hybridized carbons (Fsp3) is 0.391. The molecule has 0 aliphatic heterocycles. The van der Waals surface area contributed by atoms with Gasteiger partial charge in [0.2, 0.25) is 11.8 Å². The Morgan fingerprint density at radius 2 is 1.83 bits per heavy atom. The van der Waals surface area contributed by atoms with E-state index in [1.807, 2.05) is 24.3 Å². The molecule has 0 saturated heterocycles. The summed E-state index contributed by atoms with van der Waals surface area (Å²) in [6.07, 6.45) is 2.04. The SMILES string of the molecule is CCCCNC(=O)[C@H](C)N(Cc1ccc(Cl)cc1Cl)C(=O)Cc1ccc(OC)cc1. The van der Waals surface area contributed by atoms with Crippen molar-refractivity contribution in [3.05, 3.63) is 63.6 Å². The van der Waals surface area contributed by atoms with Crippen LogP contribution in [0.2, 0.25) is 10.0 Å².